The van der Waals surface area contributed by atoms with Crippen molar-refractivity contribution < 1.29 is 17.9 Å². The highest BCUT2D eigenvalue weighted by molar-refractivity contribution is 5.64. The van der Waals surface area contributed by atoms with Crippen molar-refractivity contribution in [3.63, 3.8) is 0 Å². The Labute approximate surface area is 163 Å². The molecule has 28 heavy (non-hydrogen) atoms. The first-order valence-electron chi connectivity index (χ1n) is 9.13. The normalized spacial score (nSPS) is 12.1. The monoisotopic (exact) mass is 384 g/mol. The van der Waals surface area contributed by atoms with Crippen molar-refractivity contribution in [1.82, 2.24) is 0 Å². The van der Waals surface area contributed by atoms with Gasteiger partial charge in [-0.15, -0.1) is 0 Å². The van der Waals surface area contributed by atoms with Crippen molar-refractivity contribution >= 4 is 0 Å². The van der Waals surface area contributed by atoms with Crippen LogP contribution in [0.5, 0.6) is 5.75 Å². The number of rotatable bonds is 4. The first-order valence-corrected chi connectivity index (χ1v) is 9.13. The fraction of sp³-hybridized carbons (Fsp3) is 0.250. The molecule has 0 aliphatic carbocycles. The standard InChI is InChI=1S/C24H23F3O/c1-23(2,3)20-10-4-17(5-11-20)16-28-22-14-8-19(9-15-22)18-6-12-21(13-7-18)24(25,26)27/h4-15H,16H2,1-3H3. The molecule has 0 unspecified atom stereocenters. The Bertz CT molecular complexity index is 901. The van der Waals surface area contributed by atoms with E-state index < -0.39 is 11.7 Å². The number of alkyl halides is 3. The van der Waals surface area contributed by atoms with E-state index in [1.807, 2.05) is 24.3 Å². The maximum Gasteiger partial charge on any atom is 0.416 e. The fourth-order valence-corrected chi connectivity index (χ4v) is 2.86. The molecule has 0 atom stereocenters. The third-order valence-electron chi connectivity index (χ3n) is 4.63. The zero-order valence-electron chi connectivity index (χ0n) is 16.2. The van der Waals surface area contributed by atoms with Gasteiger partial charge in [-0.05, 0) is 51.9 Å². The summed E-state index contributed by atoms with van der Waals surface area (Å²) in [4.78, 5) is 0. The van der Waals surface area contributed by atoms with E-state index in [2.05, 4.69) is 45.0 Å². The molecule has 0 aromatic heterocycles. The number of hydrogen-bond donors (Lipinski definition) is 0. The molecule has 0 aliphatic rings. The van der Waals surface area contributed by atoms with Crippen LogP contribution in [0.1, 0.15) is 37.5 Å². The average Bonchev–Trinajstić information content (AvgIpc) is 2.66. The van der Waals surface area contributed by atoms with E-state index in [-0.39, 0.29) is 5.41 Å². The highest BCUT2D eigenvalue weighted by atomic mass is 19.4. The predicted molar refractivity (Wildman–Crippen MR) is 106 cm³/mol. The molecule has 0 bridgehead atoms. The maximum absolute atomic E-state index is 12.7. The minimum atomic E-state index is -4.32. The summed E-state index contributed by atoms with van der Waals surface area (Å²) >= 11 is 0. The quantitative estimate of drug-likeness (QED) is 0.460. The third kappa shape index (κ3) is 4.94. The maximum atomic E-state index is 12.7. The van der Waals surface area contributed by atoms with Gasteiger partial charge >= 0.3 is 6.18 Å². The van der Waals surface area contributed by atoms with Gasteiger partial charge in [0.15, 0.2) is 0 Å². The minimum absolute atomic E-state index is 0.119. The topological polar surface area (TPSA) is 9.23 Å². The van der Waals surface area contributed by atoms with Crippen LogP contribution in [0.3, 0.4) is 0 Å². The van der Waals surface area contributed by atoms with Crippen molar-refractivity contribution in [2.45, 2.75) is 39.0 Å². The van der Waals surface area contributed by atoms with E-state index in [9.17, 15) is 13.2 Å². The van der Waals surface area contributed by atoms with E-state index in [0.29, 0.717) is 6.61 Å². The first-order chi connectivity index (χ1) is 13.1. The van der Waals surface area contributed by atoms with Crippen LogP contribution in [-0.2, 0) is 18.2 Å². The molecular weight excluding hydrogens is 361 g/mol. The second-order valence-corrected chi connectivity index (χ2v) is 7.84. The lowest BCUT2D eigenvalue weighted by Gasteiger charge is -2.19. The molecular formula is C24H23F3O. The lowest BCUT2D eigenvalue weighted by molar-refractivity contribution is -0.137. The fourth-order valence-electron chi connectivity index (χ4n) is 2.86. The van der Waals surface area contributed by atoms with Crippen LogP contribution >= 0.6 is 0 Å². The number of ether oxygens (including phenoxy) is 1. The van der Waals surface area contributed by atoms with Crippen LogP contribution in [0.2, 0.25) is 0 Å². The average molecular weight is 384 g/mol. The summed E-state index contributed by atoms with van der Waals surface area (Å²) < 4.78 is 43.8. The summed E-state index contributed by atoms with van der Waals surface area (Å²) in [6, 6.07) is 20.9. The summed E-state index contributed by atoms with van der Waals surface area (Å²) in [6.07, 6.45) is -4.32. The molecule has 4 heteroatoms. The lowest BCUT2D eigenvalue weighted by Crippen LogP contribution is -2.10. The van der Waals surface area contributed by atoms with Crippen molar-refractivity contribution in [2.75, 3.05) is 0 Å². The van der Waals surface area contributed by atoms with Crippen molar-refractivity contribution in [1.29, 1.82) is 0 Å². The van der Waals surface area contributed by atoms with Crippen LogP contribution in [0.15, 0.2) is 72.8 Å². The van der Waals surface area contributed by atoms with Gasteiger partial charge in [0.25, 0.3) is 0 Å². The number of halogens is 3. The molecule has 0 heterocycles. The third-order valence-corrected chi connectivity index (χ3v) is 4.63. The molecule has 3 rings (SSSR count). The van der Waals surface area contributed by atoms with E-state index >= 15 is 0 Å². The van der Waals surface area contributed by atoms with Crippen molar-refractivity contribution in [2.24, 2.45) is 0 Å². The van der Waals surface area contributed by atoms with Crippen LogP contribution < -0.4 is 4.74 Å². The highest BCUT2D eigenvalue weighted by Gasteiger charge is 2.29. The minimum Gasteiger partial charge on any atom is -0.489 e. The van der Waals surface area contributed by atoms with Gasteiger partial charge in [-0.2, -0.15) is 13.2 Å². The Morgan fingerprint density at radius 2 is 1.11 bits per heavy atom. The largest absolute Gasteiger partial charge is 0.489 e. The van der Waals surface area contributed by atoms with Crippen molar-refractivity contribution in [3.05, 3.63) is 89.5 Å². The molecule has 0 spiro atoms. The van der Waals surface area contributed by atoms with Gasteiger partial charge < -0.3 is 4.74 Å². The SMILES string of the molecule is CC(C)(C)c1ccc(COc2ccc(-c3ccc(C(F)(F)F)cc3)cc2)cc1. The van der Waals surface area contributed by atoms with Gasteiger partial charge in [-0.25, -0.2) is 0 Å². The molecule has 0 radical (unpaired) electrons. The molecule has 0 aliphatic heterocycles. The zero-order valence-corrected chi connectivity index (χ0v) is 16.2. The van der Waals surface area contributed by atoms with E-state index in [4.69, 9.17) is 4.74 Å². The second-order valence-electron chi connectivity index (χ2n) is 7.84. The van der Waals surface area contributed by atoms with Crippen LogP contribution in [0.25, 0.3) is 11.1 Å². The van der Waals surface area contributed by atoms with Crippen LogP contribution in [0, 0.1) is 0 Å². The predicted octanol–water partition coefficient (Wildman–Crippen LogP) is 7.25. The highest BCUT2D eigenvalue weighted by Crippen LogP contribution is 2.31. The van der Waals surface area contributed by atoms with Gasteiger partial charge in [0.05, 0.1) is 5.56 Å². The summed E-state index contributed by atoms with van der Waals surface area (Å²) in [5.41, 5.74) is 3.41. The van der Waals surface area contributed by atoms with Gasteiger partial charge in [-0.3, -0.25) is 0 Å². The van der Waals surface area contributed by atoms with E-state index in [1.165, 1.54) is 17.7 Å². The molecule has 0 saturated heterocycles. The summed E-state index contributed by atoms with van der Waals surface area (Å²) in [5, 5.41) is 0. The molecule has 1 nitrogen and oxygen atoms in total. The molecule has 0 fully saturated rings. The van der Waals surface area contributed by atoms with Gasteiger partial charge in [0, 0.05) is 0 Å². The Morgan fingerprint density at radius 3 is 1.57 bits per heavy atom. The Kier molecular flexibility index (Phi) is 5.50. The van der Waals surface area contributed by atoms with Crippen LogP contribution in [0.4, 0.5) is 13.2 Å². The van der Waals surface area contributed by atoms with Gasteiger partial charge in [-0.1, -0.05) is 69.3 Å². The van der Waals surface area contributed by atoms with E-state index in [1.54, 1.807) is 0 Å². The molecule has 3 aromatic carbocycles. The molecule has 0 N–H and O–H groups in total. The Hall–Kier alpha value is -2.75. The molecule has 146 valence electrons. The van der Waals surface area contributed by atoms with Crippen LogP contribution in [-0.4, -0.2) is 0 Å². The Balaban J connectivity index is 1.63. The van der Waals surface area contributed by atoms with Gasteiger partial charge in [0.2, 0.25) is 0 Å². The summed E-state index contributed by atoms with van der Waals surface area (Å²) in [5.74, 6) is 0.718. The summed E-state index contributed by atoms with van der Waals surface area (Å²) in [6.45, 7) is 6.99. The summed E-state index contributed by atoms with van der Waals surface area (Å²) in [7, 11) is 0. The first kappa shape index (κ1) is 20.0. The number of benzene rings is 3. The second kappa shape index (κ2) is 7.70. The lowest BCUT2D eigenvalue weighted by atomic mass is 9.87. The smallest absolute Gasteiger partial charge is 0.416 e. The zero-order chi connectivity index (χ0) is 20.4. The van der Waals surface area contributed by atoms with E-state index in [0.717, 1.165) is 34.6 Å². The van der Waals surface area contributed by atoms with Gasteiger partial charge in [0.1, 0.15) is 12.4 Å². The Morgan fingerprint density at radius 1 is 0.643 bits per heavy atom. The molecule has 3 aromatic rings. The number of hydrogen-bond acceptors (Lipinski definition) is 1. The molecule has 0 amide bonds. The molecule has 0 saturated carbocycles. The van der Waals surface area contributed by atoms with Crippen molar-refractivity contribution in [3.8, 4) is 16.9 Å².